The quantitative estimate of drug-likeness (QED) is 0.295. The summed E-state index contributed by atoms with van der Waals surface area (Å²) in [5.74, 6) is -1.17. The van der Waals surface area contributed by atoms with E-state index in [0.717, 1.165) is 0 Å². The van der Waals surface area contributed by atoms with E-state index in [1.807, 2.05) is 0 Å². The van der Waals surface area contributed by atoms with Crippen LogP contribution in [0.2, 0.25) is 0 Å². The number of rotatable bonds is 6. The Labute approximate surface area is 241 Å². The van der Waals surface area contributed by atoms with Crippen molar-refractivity contribution in [2.45, 2.75) is 47.6 Å². The maximum Gasteiger partial charge on any atom is 0.240 e. The fraction of sp³-hybridized carbons (Fsp3) is 0.308. The van der Waals surface area contributed by atoms with Gasteiger partial charge in [0.1, 0.15) is 44.7 Å². The predicted octanol–water partition coefficient (Wildman–Crippen LogP) is 4.10. The number of benzene rings is 2. The molecule has 216 valence electrons. The standard InChI is InChI=1S/2C13H10F2N4OS/c2*14-9-3-1-2-8(6-9)11-7-10(15)12-17-13(18-19(11)12)21(20)5-4-16/h2*1-3,6,10-11H,5,7H2/t10-,11-,21+;10-,11-,21-/m00/s1. The highest BCUT2D eigenvalue weighted by atomic mass is 32.2. The molecule has 16 heteroatoms. The number of hydrogen-bond acceptors (Lipinski definition) is 8. The number of alkyl halides is 2. The number of hydrogen-bond donors (Lipinski definition) is 0. The maximum absolute atomic E-state index is 14.0. The summed E-state index contributed by atoms with van der Waals surface area (Å²) in [6.45, 7) is 0. The summed E-state index contributed by atoms with van der Waals surface area (Å²) in [5, 5.41) is 25.0. The molecule has 42 heavy (non-hydrogen) atoms. The van der Waals surface area contributed by atoms with Crippen LogP contribution >= 0.6 is 0 Å². The first-order valence-corrected chi connectivity index (χ1v) is 15.1. The lowest BCUT2D eigenvalue weighted by Crippen LogP contribution is -2.09. The summed E-state index contributed by atoms with van der Waals surface area (Å²) in [7, 11) is -3.35. The van der Waals surface area contributed by atoms with Crippen LogP contribution in [-0.2, 0) is 21.6 Å². The average molecular weight is 617 g/mol. The fourth-order valence-electron chi connectivity index (χ4n) is 4.74. The Balaban J connectivity index is 0.000000168. The van der Waals surface area contributed by atoms with Gasteiger partial charge in [0.15, 0.2) is 24.0 Å². The highest BCUT2D eigenvalue weighted by Crippen LogP contribution is 2.40. The predicted molar refractivity (Wildman–Crippen MR) is 140 cm³/mol. The van der Waals surface area contributed by atoms with Crippen LogP contribution in [0.3, 0.4) is 0 Å². The Morgan fingerprint density at radius 2 is 1.17 bits per heavy atom. The van der Waals surface area contributed by atoms with Gasteiger partial charge < -0.3 is 0 Å². The van der Waals surface area contributed by atoms with Gasteiger partial charge in [0.2, 0.25) is 10.3 Å². The number of fused-ring (bicyclic) bond motifs is 2. The minimum Gasteiger partial charge on any atom is -0.250 e. The van der Waals surface area contributed by atoms with E-state index in [1.54, 1.807) is 36.4 Å². The molecule has 6 rings (SSSR count). The third-order valence-electron chi connectivity index (χ3n) is 6.55. The monoisotopic (exact) mass is 616 g/mol. The molecule has 4 aromatic rings. The van der Waals surface area contributed by atoms with Gasteiger partial charge in [0.05, 0.1) is 24.2 Å². The number of nitrogens with zero attached hydrogens (tertiary/aromatic N) is 8. The molecule has 2 aliphatic heterocycles. The molecule has 10 nitrogen and oxygen atoms in total. The van der Waals surface area contributed by atoms with Crippen LogP contribution < -0.4 is 0 Å². The van der Waals surface area contributed by atoms with Gasteiger partial charge in [-0.3, -0.25) is 0 Å². The lowest BCUT2D eigenvalue weighted by Gasteiger charge is -2.11. The van der Waals surface area contributed by atoms with Crippen LogP contribution in [0.15, 0.2) is 58.8 Å². The molecular formula is C26H20F4N8O2S2. The second-order valence-corrected chi connectivity index (χ2v) is 11.9. The lowest BCUT2D eigenvalue weighted by molar-refractivity contribution is 0.326. The minimum absolute atomic E-state index is 0.0599. The Kier molecular flexibility index (Phi) is 8.56. The Morgan fingerprint density at radius 1 is 0.762 bits per heavy atom. The molecule has 0 fully saturated rings. The Hall–Kier alpha value is -4.28. The highest BCUT2D eigenvalue weighted by Gasteiger charge is 2.37. The zero-order chi connectivity index (χ0) is 30.0. The van der Waals surface area contributed by atoms with Crippen LogP contribution in [0, 0.1) is 34.3 Å². The molecule has 0 bridgehead atoms. The Morgan fingerprint density at radius 3 is 1.52 bits per heavy atom. The van der Waals surface area contributed by atoms with Gasteiger partial charge in [0.25, 0.3) is 0 Å². The zero-order valence-corrected chi connectivity index (χ0v) is 23.1. The molecule has 2 aromatic heterocycles. The normalized spacial score (nSPS) is 21.8. The van der Waals surface area contributed by atoms with E-state index >= 15 is 0 Å². The summed E-state index contributed by atoms with van der Waals surface area (Å²) in [6, 6.07) is 14.3. The smallest absolute Gasteiger partial charge is 0.240 e. The first kappa shape index (κ1) is 29.2. The first-order chi connectivity index (χ1) is 20.2. The number of nitriles is 2. The van der Waals surface area contributed by atoms with Crippen molar-refractivity contribution in [3.63, 3.8) is 0 Å². The summed E-state index contributed by atoms with van der Waals surface area (Å²) in [5.41, 5.74) is 1.16. The molecule has 0 N–H and O–H groups in total. The number of aromatic nitrogens is 6. The SMILES string of the molecule is N#CC[S@@](=O)c1nc2n(n1)[C@H](c1cccc(F)c1)C[C@@H]2F.N#CC[S@](=O)c1nc2n(n1)[C@H](c1cccc(F)c1)C[C@@H]2F. The third kappa shape index (κ3) is 5.86. The van der Waals surface area contributed by atoms with Crippen molar-refractivity contribution in [2.75, 3.05) is 11.5 Å². The second-order valence-electron chi connectivity index (χ2n) is 9.24. The van der Waals surface area contributed by atoms with Crippen LogP contribution in [0.1, 0.15) is 60.0 Å². The van der Waals surface area contributed by atoms with Crippen molar-refractivity contribution in [3.05, 3.63) is 82.9 Å². The molecule has 4 heterocycles. The van der Waals surface area contributed by atoms with E-state index in [0.29, 0.717) is 11.1 Å². The lowest BCUT2D eigenvalue weighted by atomic mass is 10.0. The van der Waals surface area contributed by atoms with Crippen molar-refractivity contribution in [1.29, 1.82) is 10.5 Å². The van der Waals surface area contributed by atoms with Gasteiger partial charge in [-0.15, -0.1) is 10.2 Å². The van der Waals surface area contributed by atoms with Crippen molar-refractivity contribution >= 4 is 21.6 Å². The van der Waals surface area contributed by atoms with Gasteiger partial charge in [-0.05, 0) is 35.4 Å². The number of halogens is 4. The van der Waals surface area contributed by atoms with E-state index in [1.165, 1.54) is 33.6 Å². The van der Waals surface area contributed by atoms with Gasteiger partial charge in [-0.2, -0.15) is 10.5 Å². The third-order valence-corrected chi connectivity index (χ3v) is 8.50. The van der Waals surface area contributed by atoms with Crippen molar-refractivity contribution in [3.8, 4) is 12.1 Å². The summed E-state index contributed by atoms with van der Waals surface area (Å²) >= 11 is 0. The fourth-order valence-corrected chi connectivity index (χ4v) is 5.98. The van der Waals surface area contributed by atoms with Gasteiger partial charge in [-0.25, -0.2) is 45.3 Å². The van der Waals surface area contributed by atoms with Gasteiger partial charge in [-0.1, -0.05) is 24.3 Å². The summed E-state index contributed by atoms with van der Waals surface area (Å²) in [6.07, 6.45) is -2.47. The van der Waals surface area contributed by atoms with Gasteiger partial charge >= 0.3 is 0 Å². The van der Waals surface area contributed by atoms with Gasteiger partial charge in [0, 0.05) is 12.8 Å². The van der Waals surface area contributed by atoms with Crippen LogP contribution in [0.4, 0.5) is 17.6 Å². The molecule has 0 amide bonds. The summed E-state index contributed by atoms with van der Waals surface area (Å²) < 4.78 is 80.8. The second kappa shape index (κ2) is 12.3. The topological polar surface area (TPSA) is 143 Å². The van der Waals surface area contributed by atoms with E-state index < -0.39 is 57.7 Å². The molecule has 6 atom stereocenters. The molecule has 0 spiro atoms. The molecule has 2 aliphatic rings. The average Bonchev–Trinajstić information content (AvgIpc) is 3.72. The molecule has 0 saturated heterocycles. The zero-order valence-electron chi connectivity index (χ0n) is 21.5. The molecule has 0 aliphatic carbocycles. The minimum atomic E-state index is -1.68. The molecule has 0 saturated carbocycles. The highest BCUT2D eigenvalue weighted by molar-refractivity contribution is 7.85. The first-order valence-electron chi connectivity index (χ1n) is 12.4. The van der Waals surface area contributed by atoms with Crippen LogP contribution in [0.25, 0.3) is 0 Å². The summed E-state index contributed by atoms with van der Waals surface area (Å²) in [4.78, 5) is 7.84. The van der Waals surface area contributed by atoms with Crippen LogP contribution in [-0.4, -0.2) is 49.5 Å². The van der Waals surface area contributed by atoms with E-state index in [4.69, 9.17) is 10.5 Å². The molecule has 2 aromatic carbocycles. The molecule has 0 radical (unpaired) electrons. The van der Waals surface area contributed by atoms with Crippen molar-refractivity contribution < 1.29 is 26.0 Å². The Bertz CT molecular complexity index is 1640. The van der Waals surface area contributed by atoms with E-state index in [-0.39, 0.29) is 46.3 Å². The van der Waals surface area contributed by atoms with Crippen molar-refractivity contribution in [2.24, 2.45) is 0 Å². The largest absolute Gasteiger partial charge is 0.250 e. The van der Waals surface area contributed by atoms with Crippen molar-refractivity contribution in [1.82, 2.24) is 29.5 Å². The molecular weight excluding hydrogens is 596 g/mol. The molecule has 0 unspecified atom stereocenters. The van der Waals surface area contributed by atoms with E-state index in [2.05, 4.69) is 20.2 Å². The van der Waals surface area contributed by atoms with Crippen LogP contribution in [0.5, 0.6) is 0 Å². The van der Waals surface area contributed by atoms with E-state index in [9.17, 15) is 26.0 Å². The maximum atomic E-state index is 14.0.